The van der Waals surface area contributed by atoms with E-state index in [9.17, 15) is 4.79 Å². The van der Waals surface area contributed by atoms with Crippen molar-refractivity contribution in [3.8, 4) is 0 Å². The molecule has 0 saturated heterocycles. The Kier molecular flexibility index (Phi) is 5.13. The Morgan fingerprint density at radius 1 is 1.25 bits per heavy atom. The molecule has 0 bridgehead atoms. The fraction of sp³-hybridized carbons (Fsp3) is 0.182. The van der Waals surface area contributed by atoms with Crippen LogP contribution in [0.5, 0.6) is 0 Å². The third-order valence-corrected chi connectivity index (χ3v) is 1.92. The first-order valence-corrected chi connectivity index (χ1v) is 5.57. The fourth-order valence-electron chi connectivity index (χ4n) is 0.929. The van der Waals surface area contributed by atoms with Crippen LogP contribution in [0.15, 0.2) is 36.4 Å². The number of ether oxygens (including phenoxy) is 1. The summed E-state index contributed by atoms with van der Waals surface area (Å²) >= 11 is 16.3. The SMILES string of the molecule is O=C(/C=C/c1ccccc1)OCC(Cl)(Cl)Cl. The van der Waals surface area contributed by atoms with Crippen molar-refractivity contribution in [1.29, 1.82) is 0 Å². The van der Waals surface area contributed by atoms with E-state index in [-0.39, 0.29) is 6.61 Å². The second-order valence-corrected chi connectivity index (χ2v) is 5.48. The summed E-state index contributed by atoms with van der Waals surface area (Å²) in [5, 5.41) is 0. The first-order valence-electron chi connectivity index (χ1n) is 4.44. The molecule has 0 aromatic heterocycles. The van der Waals surface area contributed by atoms with Gasteiger partial charge in [0.25, 0.3) is 0 Å². The van der Waals surface area contributed by atoms with Crippen molar-refractivity contribution >= 4 is 46.8 Å². The predicted molar refractivity (Wildman–Crippen MR) is 66.7 cm³/mol. The molecule has 1 aromatic rings. The van der Waals surface area contributed by atoms with Gasteiger partial charge in [0.15, 0.2) is 0 Å². The Hall–Kier alpha value is -0.700. The van der Waals surface area contributed by atoms with Crippen molar-refractivity contribution in [1.82, 2.24) is 0 Å². The van der Waals surface area contributed by atoms with Crippen molar-refractivity contribution in [3.63, 3.8) is 0 Å². The third-order valence-electron chi connectivity index (χ3n) is 1.59. The topological polar surface area (TPSA) is 26.3 Å². The molecule has 0 fully saturated rings. The zero-order valence-electron chi connectivity index (χ0n) is 8.20. The Labute approximate surface area is 109 Å². The smallest absolute Gasteiger partial charge is 0.330 e. The van der Waals surface area contributed by atoms with Crippen LogP contribution in [0, 0.1) is 0 Å². The number of halogens is 3. The summed E-state index contributed by atoms with van der Waals surface area (Å²) < 4.78 is 3.13. The average molecular weight is 280 g/mol. The molecule has 0 aliphatic rings. The molecular formula is C11H9Cl3O2. The van der Waals surface area contributed by atoms with Gasteiger partial charge in [-0.1, -0.05) is 65.1 Å². The molecule has 0 heterocycles. The fourth-order valence-corrected chi connectivity index (χ4v) is 1.09. The van der Waals surface area contributed by atoms with E-state index in [0.29, 0.717) is 0 Å². The lowest BCUT2D eigenvalue weighted by Gasteiger charge is -2.09. The highest BCUT2D eigenvalue weighted by atomic mass is 35.6. The minimum atomic E-state index is -1.57. The maximum atomic E-state index is 11.2. The van der Waals surface area contributed by atoms with Crippen LogP contribution in [0.3, 0.4) is 0 Å². The van der Waals surface area contributed by atoms with Gasteiger partial charge in [-0.15, -0.1) is 0 Å². The molecule has 0 atom stereocenters. The summed E-state index contributed by atoms with van der Waals surface area (Å²) in [6.07, 6.45) is 2.91. The number of esters is 1. The van der Waals surface area contributed by atoms with Crippen LogP contribution < -0.4 is 0 Å². The third kappa shape index (κ3) is 6.01. The quantitative estimate of drug-likeness (QED) is 0.480. The largest absolute Gasteiger partial charge is 0.458 e. The molecular weight excluding hydrogens is 270 g/mol. The highest BCUT2D eigenvalue weighted by molar-refractivity contribution is 6.67. The van der Waals surface area contributed by atoms with Crippen molar-refractivity contribution in [2.45, 2.75) is 3.79 Å². The van der Waals surface area contributed by atoms with E-state index in [1.807, 2.05) is 30.3 Å². The normalized spacial score (nSPS) is 11.7. The Balaban J connectivity index is 2.43. The molecule has 16 heavy (non-hydrogen) atoms. The zero-order chi connectivity index (χ0) is 12.0. The average Bonchev–Trinajstić information content (AvgIpc) is 2.24. The van der Waals surface area contributed by atoms with E-state index >= 15 is 0 Å². The lowest BCUT2D eigenvalue weighted by molar-refractivity contribution is -0.137. The van der Waals surface area contributed by atoms with Crippen molar-refractivity contribution in [3.05, 3.63) is 42.0 Å². The lowest BCUT2D eigenvalue weighted by Crippen LogP contribution is -2.15. The summed E-state index contributed by atoms with van der Waals surface area (Å²) in [5.74, 6) is -0.546. The molecule has 86 valence electrons. The molecule has 1 aromatic carbocycles. The second kappa shape index (κ2) is 6.14. The number of alkyl halides is 3. The van der Waals surface area contributed by atoms with E-state index in [2.05, 4.69) is 0 Å². The Bertz CT molecular complexity index is 369. The molecule has 0 spiro atoms. The number of hydrogen-bond acceptors (Lipinski definition) is 2. The number of benzene rings is 1. The van der Waals surface area contributed by atoms with Crippen LogP contribution in [0.25, 0.3) is 6.08 Å². The van der Waals surface area contributed by atoms with Gasteiger partial charge in [-0.05, 0) is 11.6 Å². The number of hydrogen-bond donors (Lipinski definition) is 0. The van der Waals surface area contributed by atoms with Crippen molar-refractivity contribution in [2.75, 3.05) is 6.61 Å². The maximum absolute atomic E-state index is 11.2. The van der Waals surface area contributed by atoms with Crippen LogP contribution in [-0.4, -0.2) is 16.4 Å². The summed E-state index contributed by atoms with van der Waals surface area (Å²) in [6, 6.07) is 9.34. The minimum absolute atomic E-state index is 0.268. The van der Waals surface area contributed by atoms with Crippen LogP contribution in [0.2, 0.25) is 0 Å². The van der Waals surface area contributed by atoms with Gasteiger partial charge in [0.2, 0.25) is 3.79 Å². The van der Waals surface area contributed by atoms with E-state index in [1.165, 1.54) is 6.08 Å². The van der Waals surface area contributed by atoms with Crippen LogP contribution in [0.1, 0.15) is 5.56 Å². The predicted octanol–water partition coefficient (Wildman–Crippen LogP) is 3.61. The van der Waals surface area contributed by atoms with Crippen LogP contribution in [0.4, 0.5) is 0 Å². The van der Waals surface area contributed by atoms with E-state index in [4.69, 9.17) is 39.5 Å². The number of carbonyl (C=O) groups is 1. The monoisotopic (exact) mass is 278 g/mol. The highest BCUT2D eigenvalue weighted by Crippen LogP contribution is 2.25. The molecule has 0 unspecified atom stereocenters. The van der Waals surface area contributed by atoms with Gasteiger partial charge in [-0.25, -0.2) is 4.79 Å². The van der Waals surface area contributed by atoms with Crippen molar-refractivity contribution in [2.24, 2.45) is 0 Å². The van der Waals surface area contributed by atoms with Gasteiger partial charge in [0.1, 0.15) is 6.61 Å². The molecule has 2 nitrogen and oxygen atoms in total. The Morgan fingerprint density at radius 3 is 2.44 bits per heavy atom. The molecule has 0 aliphatic carbocycles. The second-order valence-electron chi connectivity index (χ2n) is 2.97. The summed E-state index contributed by atoms with van der Waals surface area (Å²) in [7, 11) is 0. The maximum Gasteiger partial charge on any atom is 0.330 e. The van der Waals surface area contributed by atoms with Crippen molar-refractivity contribution < 1.29 is 9.53 Å². The van der Waals surface area contributed by atoms with Gasteiger partial charge >= 0.3 is 5.97 Å². The lowest BCUT2D eigenvalue weighted by atomic mass is 10.2. The van der Waals surface area contributed by atoms with Gasteiger partial charge < -0.3 is 4.74 Å². The first kappa shape index (κ1) is 13.4. The summed E-state index contributed by atoms with van der Waals surface area (Å²) in [5.41, 5.74) is 0.897. The summed E-state index contributed by atoms with van der Waals surface area (Å²) in [6.45, 7) is -0.268. The number of carbonyl (C=O) groups excluding carboxylic acids is 1. The van der Waals surface area contributed by atoms with Gasteiger partial charge in [-0.3, -0.25) is 0 Å². The van der Waals surface area contributed by atoms with E-state index in [0.717, 1.165) is 5.56 Å². The standard InChI is InChI=1S/C11H9Cl3O2/c12-11(13,14)8-16-10(15)7-6-9-4-2-1-3-5-9/h1-7H,8H2/b7-6+. The van der Waals surface area contributed by atoms with Gasteiger partial charge in [0.05, 0.1) is 0 Å². The zero-order valence-corrected chi connectivity index (χ0v) is 10.5. The molecule has 0 N–H and O–H groups in total. The summed E-state index contributed by atoms with van der Waals surface area (Å²) in [4.78, 5) is 11.2. The Morgan fingerprint density at radius 2 is 1.88 bits per heavy atom. The molecule has 0 saturated carbocycles. The molecule has 0 amide bonds. The van der Waals surface area contributed by atoms with Crippen LogP contribution >= 0.6 is 34.8 Å². The molecule has 0 aliphatic heterocycles. The van der Waals surface area contributed by atoms with Crippen LogP contribution in [-0.2, 0) is 9.53 Å². The molecule has 1 rings (SSSR count). The molecule has 0 radical (unpaired) electrons. The number of rotatable bonds is 3. The van der Waals surface area contributed by atoms with E-state index < -0.39 is 9.76 Å². The molecule has 5 heteroatoms. The van der Waals surface area contributed by atoms with E-state index in [1.54, 1.807) is 6.08 Å². The first-order chi connectivity index (χ1) is 7.47. The van der Waals surface area contributed by atoms with Gasteiger partial charge in [-0.2, -0.15) is 0 Å². The van der Waals surface area contributed by atoms with Gasteiger partial charge in [0, 0.05) is 6.08 Å². The highest BCUT2D eigenvalue weighted by Gasteiger charge is 2.21. The minimum Gasteiger partial charge on any atom is -0.458 e.